The first-order chi connectivity index (χ1) is 5.00. The summed E-state index contributed by atoms with van der Waals surface area (Å²) in [5.74, 6) is 0. The Balaban J connectivity index is 0.0000001000. The van der Waals surface area contributed by atoms with Crippen LogP contribution in [0, 0.1) is 0 Å². The van der Waals surface area contributed by atoms with Gasteiger partial charge in [0.2, 0.25) is 0 Å². The lowest BCUT2D eigenvalue weighted by molar-refractivity contribution is 1.58. The van der Waals surface area contributed by atoms with Crippen molar-refractivity contribution in [2.45, 2.75) is 0 Å². The molecule has 1 nitrogen and oxygen atoms in total. The Bertz CT molecular complexity index is 151. The number of aromatic nitrogens is 1. The molecule has 2 aromatic rings. The highest BCUT2D eigenvalue weighted by Gasteiger charge is 1.60. The fraction of sp³-hybridized carbons (Fsp3) is 0. The fourth-order valence-corrected chi connectivity index (χ4v) is 1.21. The minimum atomic E-state index is 1.46. The second kappa shape index (κ2) is 5.14. The smallest absolute Gasteiger partial charge is 0.0406 e. The van der Waals surface area contributed by atoms with Gasteiger partial charge in [-0.1, -0.05) is 12.1 Å². The molecule has 0 amide bonds. The number of hydrogen-bond acceptors (Lipinski definition) is 3. The van der Waals surface area contributed by atoms with Gasteiger partial charge in [-0.2, -0.15) is 11.3 Å². The van der Waals surface area contributed by atoms with Crippen LogP contribution in [0.4, 0.5) is 0 Å². The third kappa shape index (κ3) is 3.37. The van der Waals surface area contributed by atoms with Crippen molar-refractivity contribution in [3.05, 3.63) is 40.5 Å². The van der Waals surface area contributed by atoms with Gasteiger partial charge in [0.15, 0.2) is 0 Å². The Morgan fingerprint density at radius 3 is 1.90 bits per heavy atom. The van der Waals surface area contributed by atoms with Crippen LogP contribution in [-0.2, 0) is 0 Å². The van der Waals surface area contributed by atoms with Crippen LogP contribution in [0.2, 0.25) is 0 Å². The van der Waals surface area contributed by atoms with Crippen molar-refractivity contribution in [2.75, 3.05) is 0 Å². The van der Waals surface area contributed by atoms with Gasteiger partial charge in [-0.3, -0.25) is 0 Å². The maximum absolute atomic E-state index is 3.76. The van der Waals surface area contributed by atoms with Gasteiger partial charge in [0.1, 0.15) is 0 Å². The van der Waals surface area contributed by atoms with E-state index in [1.165, 1.54) is 11.5 Å². The molecule has 0 saturated carbocycles. The minimum absolute atomic E-state index is 1.46. The van der Waals surface area contributed by atoms with E-state index in [2.05, 4.69) is 4.37 Å². The molecule has 0 bridgehead atoms. The van der Waals surface area contributed by atoms with Crippen molar-refractivity contribution >= 4 is 22.9 Å². The molecule has 0 radical (unpaired) electrons. The lowest BCUT2D eigenvalue weighted by atomic mass is 10.7. The van der Waals surface area contributed by atoms with Crippen molar-refractivity contribution in [3.8, 4) is 0 Å². The van der Waals surface area contributed by atoms with Gasteiger partial charge in [-0.25, -0.2) is 4.37 Å². The minimum Gasteiger partial charge on any atom is -0.201 e. The highest BCUT2D eigenvalue weighted by molar-refractivity contribution is 7.07. The topological polar surface area (TPSA) is 12.9 Å². The van der Waals surface area contributed by atoms with Crippen LogP contribution in [0.25, 0.3) is 0 Å². The Morgan fingerprint density at radius 1 is 0.900 bits per heavy atom. The molecule has 2 rings (SSSR count). The average Bonchev–Trinajstić information content (AvgIpc) is 2.67. The molecule has 0 fully saturated rings. The Kier molecular flexibility index (Phi) is 3.82. The largest absolute Gasteiger partial charge is 0.201 e. The summed E-state index contributed by atoms with van der Waals surface area (Å²) in [6.45, 7) is 0. The molecule has 10 heavy (non-hydrogen) atoms. The zero-order valence-corrected chi connectivity index (χ0v) is 6.94. The summed E-state index contributed by atoms with van der Waals surface area (Å²) in [5.41, 5.74) is 0. The molecule has 0 aromatic carbocycles. The van der Waals surface area contributed by atoms with Gasteiger partial charge in [-0.05, 0) is 28.4 Å². The number of thiophene rings is 1. The van der Waals surface area contributed by atoms with E-state index in [-0.39, 0.29) is 0 Å². The molecule has 52 valence electrons. The van der Waals surface area contributed by atoms with Crippen molar-refractivity contribution in [1.82, 2.24) is 4.37 Å². The number of rotatable bonds is 0. The molecule has 0 N–H and O–H groups in total. The van der Waals surface area contributed by atoms with E-state index in [1.807, 2.05) is 34.3 Å². The van der Waals surface area contributed by atoms with Crippen molar-refractivity contribution in [1.29, 1.82) is 0 Å². The summed E-state index contributed by atoms with van der Waals surface area (Å²) in [7, 11) is 0. The first-order valence-electron chi connectivity index (χ1n) is 2.81. The highest BCUT2D eigenvalue weighted by Crippen LogP contribution is 1.91. The van der Waals surface area contributed by atoms with Crippen LogP contribution in [0.15, 0.2) is 40.5 Å². The molecule has 0 atom stereocenters. The first kappa shape index (κ1) is 7.44. The standard InChI is InChI=1S/C4H4S.C3H3NS/c2*1-2-4-5-3-1/h1-4H;1-3H. The lowest BCUT2D eigenvalue weighted by Crippen LogP contribution is -1.32. The van der Waals surface area contributed by atoms with Crippen LogP contribution in [-0.4, -0.2) is 4.37 Å². The van der Waals surface area contributed by atoms with Crippen LogP contribution in [0.1, 0.15) is 0 Å². The zero-order valence-electron chi connectivity index (χ0n) is 5.31. The molecule has 0 spiro atoms. The maximum atomic E-state index is 3.76. The van der Waals surface area contributed by atoms with Gasteiger partial charge >= 0.3 is 0 Å². The van der Waals surface area contributed by atoms with E-state index < -0.39 is 0 Å². The van der Waals surface area contributed by atoms with Gasteiger partial charge in [-0.15, -0.1) is 0 Å². The van der Waals surface area contributed by atoms with Crippen molar-refractivity contribution < 1.29 is 0 Å². The van der Waals surface area contributed by atoms with Gasteiger partial charge < -0.3 is 0 Å². The van der Waals surface area contributed by atoms with Crippen LogP contribution < -0.4 is 0 Å². The lowest BCUT2D eigenvalue weighted by Gasteiger charge is -1.41. The van der Waals surface area contributed by atoms with E-state index in [0.717, 1.165) is 0 Å². The summed E-state index contributed by atoms with van der Waals surface area (Å²) >= 11 is 3.18. The number of hydrogen-bond donors (Lipinski definition) is 0. The van der Waals surface area contributed by atoms with E-state index in [1.54, 1.807) is 17.5 Å². The van der Waals surface area contributed by atoms with Crippen molar-refractivity contribution in [2.24, 2.45) is 0 Å². The zero-order chi connectivity index (χ0) is 7.07. The summed E-state index contributed by atoms with van der Waals surface area (Å²) in [5, 5.41) is 6.01. The first-order valence-corrected chi connectivity index (χ1v) is 4.59. The quantitative estimate of drug-likeness (QED) is 0.591. The Morgan fingerprint density at radius 2 is 1.70 bits per heavy atom. The summed E-state index contributed by atoms with van der Waals surface area (Å²) in [4.78, 5) is 0. The molecule has 2 heterocycles. The predicted molar refractivity (Wildman–Crippen MR) is 46.4 cm³/mol. The van der Waals surface area contributed by atoms with Gasteiger partial charge in [0, 0.05) is 11.6 Å². The normalized spacial score (nSPS) is 8.00. The Hall–Kier alpha value is -0.670. The van der Waals surface area contributed by atoms with Crippen molar-refractivity contribution in [3.63, 3.8) is 0 Å². The highest BCUT2D eigenvalue weighted by atomic mass is 32.1. The molecule has 0 aliphatic rings. The van der Waals surface area contributed by atoms with E-state index in [4.69, 9.17) is 0 Å². The Labute approximate surface area is 68.1 Å². The van der Waals surface area contributed by atoms with Crippen LogP contribution >= 0.6 is 22.9 Å². The third-order valence-electron chi connectivity index (χ3n) is 0.773. The van der Waals surface area contributed by atoms with Crippen LogP contribution in [0.5, 0.6) is 0 Å². The predicted octanol–water partition coefficient (Wildman–Crippen LogP) is 2.89. The second-order valence-electron chi connectivity index (χ2n) is 1.48. The van der Waals surface area contributed by atoms with E-state index in [0.29, 0.717) is 0 Å². The summed E-state index contributed by atoms with van der Waals surface area (Å²) in [6, 6.07) is 5.94. The molecule has 0 aliphatic carbocycles. The molecule has 3 heteroatoms. The van der Waals surface area contributed by atoms with Gasteiger partial charge in [0.25, 0.3) is 0 Å². The average molecular weight is 169 g/mol. The molecule has 2 aromatic heterocycles. The molecular formula is C7H7NS2. The monoisotopic (exact) mass is 169 g/mol. The fourth-order valence-electron chi connectivity index (χ4n) is 0.402. The molecular weight excluding hydrogens is 162 g/mol. The summed E-state index contributed by atoms with van der Waals surface area (Å²) in [6.07, 6.45) is 1.77. The summed E-state index contributed by atoms with van der Waals surface area (Å²) < 4.78 is 3.76. The van der Waals surface area contributed by atoms with E-state index >= 15 is 0 Å². The molecule has 0 saturated heterocycles. The number of nitrogens with zero attached hydrogens (tertiary/aromatic N) is 1. The van der Waals surface area contributed by atoms with Gasteiger partial charge in [0.05, 0.1) is 0 Å². The third-order valence-corrected chi connectivity index (χ3v) is 1.92. The molecule has 0 unspecified atom stereocenters. The SMILES string of the molecule is c1ccsc1.c1cnsc1. The van der Waals surface area contributed by atoms with Crippen LogP contribution in [0.3, 0.4) is 0 Å². The van der Waals surface area contributed by atoms with E-state index in [9.17, 15) is 0 Å². The maximum Gasteiger partial charge on any atom is 0.0406 e. The second-order valence-corrected chi connectivity index (χ2v) is 2.99. The molecule has 0 aliphatic heterocycles.